The maximum Gasteiger partial charge on any atom is 0.302 e. The van der Waals surface area contributed by atoms with Crippen molar-refractivity contribution < 1.29 is 23.2 Å². The lowest BCUT2D eigenvalue weighted by molar-refractivity contribution is -0.150. The van der Waals surface area contributed by atoms with E-state index in [1.54, 1.807) is 13.8 Å². The van der Waals surface area contributed by atoms with Crippen molar-refractivity contribution in [2.75, 3.05) is 0 Å². The molecule has 76 valence electrons. The van der Waals surface area contributed by atoms with Crippen LogP contribution in [-0.2, 0) is 19.1 Å². The third kappa shape index (κ3) is 7.31. The lowest BCUT2D eigenvalue weighted by Crippen LogP contribution is -2.21. The second-order valence-corrected chi connectivity index (χ2v) is 2.87. The summed E-state index contributed by atoms with van der Waals surface area (Å²) in [7, 11) is 0. The van der Waals surface area contributed by atoms with E-state index < -0.39 is 31.0 Å². The summed E-state index contributed by atoms with van der Waals surface area (Å²) >= 11 is 0. The predicted octanol–water partition coefficient (Wildman–Crippen LogP) is 1.28. The highest BCUT2D eigenvalue weighted by Gasteiger charge is 2.12. The monoisotopic (exact) mass is 191 g/mol. The molecule has 0 unspecified atom stereocenters. The van der Waals surface area contributed by atoms with Gasteiger partial charge < -0.3 is 9.47 Å². The van der Waals surface area contributed by atoms with Crippen molar-refractivity contribution in [1.29, 1.82) is 0 Å². The minimum absolute atomic E-state index is 0.265. The Morgan fingerprint density at radius 3 is 2.08 bits per heavy atom. The zero-order valence-corrected chi connectivity index (χ0v) is 7.99. The van der Waals surface area contributed by atoms with Crippen molar-refractivity contribution in [2.24, 2.45) is 0 Å². The van der Waals surface area contributed by atoms with Crippen LogP contribution in [0.1, 0.15) is 38.2 Å². The fourth-order valence-electron chi connectivity index (χ4n) is 1.03. The first-order valence-corrected chi connectivity index (χ1v) is 4.01. The third-order valence-electron chi connectivity index (χ3n) is 1.34. The highest BCUT2D eigenvalue weighted by atomic mass is 16.6. The summed E-state index contributed by atoms with van der Waals surface area (Å²) in [5.41, 5.74) is 0. The Morgan fingerprint density at radius 1 is 1.23 bits per heavy atom. The molecular weight excluding hydrogens is 172 g/mol. The molecule has 0 amide bonds. The minimum atomic E-state index is -2.75. The van der Waals surface area contributed by atoms with Crippen LogP contribution in [0.4, 0.5) is 0 Å². The molecule has 0 aliphatic rings. The number of hydrogen-bond donors (Lipinski definition) is 0. The molecule has 4 nitrogen and oxygen atoms in total. The maximum atomic E-state index is 11.0. The Kier molecular flexibility index (Phi) is 3.15. The van der Waals surface area contributed by atoms with Crippen molar-refractivity contribution in [1.82, 2.24) is 0 Å². The van der Waals surface area contributed by atoms with Crippen LogP contribution >= 0.6 is 0 Å². The number of hydrogen-bond acceptors (Lipinski definition) is 4. The fourth-order valence-corrected chi connectivity index (χ4v) is 1.03. The van der Waals surface area contributed by atoms with Crippen LogP contribution in [0.2, 0.25) is 0 Å². The van der Waals surface area contributed by atoms with Gasteiger partial charge in [-0.3, -0.25) is 9.59 Å². The molecule has 0 saturated carbocycles. The quantitative estimate of drug-likeness (QED) is 0.628. The molecule has 0 saturated heterocycles. The molecule has 0 aliphatic heterocycles. The van der Waals surface area contributed by atoms with E-state index in [9.17, 15) is 9.59 Å². The Bertz CT molecular complexity index is 262. The Balaban J connectivity index is 4.04. The van der Waals surface area contributed by atoms with Crippen molar-refractivity contribution in [3.63, 3.8) is 0 Å². The van der Waals surface area contributed by atoms with Gasteiger partial charge in [0.1, 0.15) is 12.2 Å². The van der Waals surface area contributed by atoms with Crippen LogP contribution in [0.3, 0.4) is 0 Å². The SMILES string of the molecule is [2H]C([2H])([2H])C(=O)O[C@@H](C)C[C@@H](C)OC(C)=O. The molecule has 0 N–H and O–H groups in total. The number of rotatable bonds is 4. The normalized spacial score (nSPS) is 18.8. The first-order chi connectivity index (χ1) is 7.12. The summed E-state index contributed by atoms with van der Waals surface area (Å²) < 4.78 is 29.9. The van der Waals surface area contributed by atoms with Gasteiger partial charge in [0.05, 0.1) is 0 Å². The van der Waals surface area contributed by atoms with Crippen molar-refractivity contribution in [3.05, 3.63) is 0 Å². The van der Waals surface area contributed by atoms with E-state index in [1.807, 2.05) is 0 Å². The Morgan fingerprint density at radius 2 is 1.69 bits per heavy atom. The van der Waals surface area contributed by atoms with Gasteiger partial charge in [0, 0.05) is 24.3 Å². The molecule has 0 bridgehead atoms. The summed E-state index contributed by atoms with van der Waals surface area (Å²) in [4.78, 5) is 21.6. The molecule has 0 aromatic rings. The first kappa shape index (κ1) is 7.35. The predicted molar refractivity (Wildman–Crippen MR) is 47.1 cm³/mol. The van der Waals surface area contributed by atoms with Gasteiger partial charge in [-0.1, -0.05) is 0 Å². The van der Waals surface area contributed by atoms with Crippen LogP contribution in [0.15, 0.2) is 0 Å². The largest absolute Gasteiger partial charge is 0.463 e. The van der Waals surface area contributed by atoms with Crippen LogP contribution in [0.25, 0.3) is 0 Å². The van der Waals surface area contributed by atoms with Crippen LogP contribution in [-0.4, -0.2) is 24.1 Å². The minimum Gasteiger partial charge on any atom is -0.463 e. The van der Waals surface area contributed by atoms with Gasteiger partial charge >= 0.3 is 11.9 Å². The van der Waals surface area contributed by atoms with Gasteiger partial charge in [-0.05, 0) is 13.8 Å². The second kappa shape index (κ2) is 5.56. The highest BCUT2D eigenvalue weighted by Crippen LogP contribution is 2.05. The first-order valence-electron chi connectivity index (χ1n) is 5.51. The van der Waals surface area contributed by atoms with E-state index >= 15 is 0 Å². The molecule has 0 radical (unpaired) electrons. The number of esters is 2. The smallest absolute Gasteiger partial charge is 0.302 e. The van der Waals surface area contributed by atoms with Gasteiger partial charge in [0.2, 0.25) is 0 Å². The fraction of sp³-hybridized carbons (Fsp3) is 0.778. The zero-order chi connectivity index (χ0) is 12.9. The topological polar surface area (TPSA) is 52.6 Å². The van der Waals surface area contributed by atoms with Crippen LogP contribution < -0.4 is 0 Å². The molecule has 0 aromatic heterocycles. The molecule has 0 aromatic carbocycles. The molecule has 4 heteroatoms. The van der Waals surface area contributed by atoms with Crippen molar-refractivity contribution in [2.45, 2.75) is 46.3 Å². The molecule has 0 fully saturated rings. The second-order valence-electron chi connectivity index (χ2n) is 2.87. The average Bonchev–Trinajstić information content (AvgIpc) is 1.98. The van der Waals surface area contributed by atoms with E-state index in [1.165, 1.54) is 6.92 Å². The summed E-state index contributed by atoms with van der Waals surface area (Å²) in [5, 5.41) is 0. The number of carbonyl (C=O) groups excluding carboxylic acids is 2. The lowest BCUT2D eigenvalue weighted by atomic mass is 10.2. The van der Waals surface area contributed by atoms with Gasteiger partial charge in [0.15, 0.2) is 0 Å². The average molecular weight is 191 g/mol. The van der Waals surface area contributed by atoms with E-state index in [4.69, 9.17) is 8.85 Å². The van der Waals surface area contributed by atoms with Crippen LogP contribution in [0, 0.1) is 0 Å². The Hall–Kier alpha value is -1.06. The molecular formula is C9H16O4. The third-order valence-corrected chi connectivity index (χ3v) is 1.34. The summed E-state index contributed by atoms with van der Waals surface area (Å²) in [6.07, 6.45) is -0.763. The summed E-state index contributed by atoms with van der Waals surface area (Å²) in [6.45, 7) is 1.71. The molecule has 2 atom stereocenters. The number of ether oxygens (including phenoxy) is 2. The number of carbonyl (C=O) groups is 2. The van der Waals surface area contributed by atoms with Gasteiger partial charge in [-0.15, -0.1) is 0 Å². The van der Waals surface area contributed by atoms with E-state index in [0.717, 1.165) is 0 Å². The summed E-state index contributed by atoms with van der Waals surface area (Å²) in [5.74, 6) is -1.67. The van der Waals surface area contributed by atoms with E-state index in [-0.39, 0.29) is 6.42 Å². The molecule has 0 spiro atoms. The van der Waals surface area contributed by atoms with Crippen LogP contribution in [0.5, 0.6) is 0 Å². The molecule has 0 aliphatic carbocycles. The molecule has 0 rings (SSSR count). The maximum absolute atomic E-state index is 11.0. The van der Waals surface area contributed by atoms with Gasteiger partial charge in [-0.2, -0.15) is 0 Å². The standard InChI is InChI=1S/C9H16O4/c1-6(12-8(3)10)5-7(2)13-9(4)11/h6-7H,5H2,1-4H3/t6-,7+/i3D3/m0/s1. The Labute approximate surface area is 82.4 Å². The molecule has 13 heavy (non-hydrogen) atoms. The summed E-state index contributed by atoms with van der Waals surface area (Å²) in [6, 6.07) is 0. The zero-order valence-electron chi connectivity index (χ0n) is 11.0. The van der Waals surface area contributed by atoms with E-state index in [2.05, 4.69) is 4.74 Å². The highest BCUT2D eigenvalue weighted by molar-refractivity contribution is 5.66. The van der Waals surface area contributed by atoms with Gasteiger partial charge in [-0.25, -0.2) is 0 Å². The van der Waals surface area contributed by atoms with E-state index in [0.29, 0.717) is 0 Å². The van der Waals surface area contributed by atoms with Gasteiger partial charge in [0.25, 0.3) is 0 Å². The van der Waals surface area contributed by atoms with Crippen molar-refractivity contribution in [3.8, 4) is 0 Å². The molecule has 0 heterocycles. The van der Waals surface area contributed by atoms with Crippen molar-refractivity contribution >= 4 is 11.9 Å². The lowest BCUT2D eigenvalue weighted by Gasteiger charge is -2.16.